The van der Waals surface area contributed by atoms with Gasteiger partial charge in [-0.15, -0.1) is 0 Å². The molecule has 1 aromatic heterocycles. The number of anilines is 2. The number of sulfonamides is 1. The van der Waals surface area contributed by atoms with Crippen LogP contribution in [0.25, 0.3) is 10.4 Å². The molecule has 3 N–H and O–H groups in total. The summed E-state index contributed by atoms with van der Waals surface area (Å²) in [6.07, 6.45) is -1.16. The molecular weight excluding hydrogens is 598 g/mol. The highest BCUT2D eigenvalue weighted by Gasteiger charge is 2.38. The Hall–Kier alpha value is -3.23. The van der Waals surface area contributed by atoms with Gasteiger partial charge in [0.15, 0.2) is 5.13 Å². The third kappa shape index (κ3) is 7.92. The molecular formula is C25H24ClF4N3O5S2. The highest BCUT2D eigenvalue weighted by atomic mass is 35.5. The number of carboxylic acid groups (broad SMARTS) is 1. The number of amides is 1. The van der Waals surface area contributed by atoms with E-state index >= 15 is 0 Å². The number of carboxylic acids is 1. The lowest BCUT2D eigenvalue weighted by Crippen LogP contribution is -2.21. The van der Waals surface area contributed by atoms with Crippen LogP contribution >= 0.6 is 22.9 Å². The molecule has 2 aromatic carbocycles. The molecule has 3 aromatic rings. The van der Waals surface area contributed by atoms with Crippen LogP contribution in [0.1, 0.15) is 36.9 Å². The van der Waals surface area contributed by atoms with Crippen LogP contribution < -0.4 is 10.0 Å². The number of thiazole rings is 1. The van der Waals surface area contributed by atoms with E-state index in [1.165, 1.54) is 17.4 Å². The second-order valence-electron chi connectivity index (χ2n) is 8.92. The van der Waals surface area contributed by atoms with Crippen LogP contribution in [0.4, 0.5) is 28.4 Å². The summed E-state index contributed by atoms with van der Waals surface area (Å²) >= 11 is 7.31. The number of hydrogen-bond acceptors (Lipinski definition) is 6. The third-order valence-electron chi connectivity index (χ3n) is 5.91. The van der Waals surface area contributed by atoms with Gasteiger partial charge in [0.25, 0.3) is 10.0 Å². The maximum Gasteiger partial charge on any atom is 0.490 e. The Balaban J connectivity index is 0.000000559. The lowest BCUT2D eigenvalue weighted by molar-refractivity contribution is -0.192. The van der Waals surface area contributed by atoms with Gasteiger partial charge in [0.05, 0.1) is 26.2 Å². The van der Waals surface area contributed by atoms with Crippen LogP contribution in [0.3, 0.4) is 0 Å². The summed E-state index contributed by atoms with van der Waals surface area (Å²) in [7, 11) is -3.99. The summed E-state index contributed by atoms with van der Waals surface area (Å²) in [6, 6.07) is 8.56. The molecule has 1 aliphatic carbocycles. The van der Waals surface area contributed by atoms with E-state index in [4.69, 9.17) is 21.5 Å². The normalized spacial score (nSPS) is 13.9. The van der Waals surface area contributed by atoms with Gasteiger partial charge < -0.3 is 10.4 Å². The Morgan fingerprint density at radius 3 is 2.30 bits per heavy atom. The fourth-order valence-electron chi connectivity index (χ4n) is 3.92. The molecule has 40 heavy (non-hydrogen) atoms. The van der Waals surface area contributed by atoms with Crippen LogP contribution in [-0.4, -0.2) is 36.6 Å². The number of aryl methyl sites for hydroxylation is 2. The predicted molar refractivity (Wildman–Crippen MR) is 144 cm³/mol. The van der Waals surface area contributed by atoms with Crippen molar-refractivity contribution in [1.29, 1.82) is 0 Å². The first-order valence-corrected chi connectivity index (χ1v) is 14.4. The van der Waals surface area contributed by atoms with Crippen molar-refractivity contribution >= 4 is 55.7 Å². The SMILES string of the molecule is Cc1ccc(-c2sc(NC(=O)C3CCCC3)nc2C)cc1S(=O)(=O)Nc1ccc(F)cc1Cl.O=C(O)C(F)(F)F. The van der Waals surface area contributed by atoms with Gasteiger partial charge in [0.1, 0.15) is 5.82 Å². The van der Waals surface area contributed by atoms with Gasteiger partial charge in [0.2, 0.25) is 5.91 Å². The van der Waals surface area contributed by atoms with Gasteiger partial charge in [-0.05, 0) is 62.1 Å². The number of rotatable bonds is 6. The number of hydrogen-bond donors (Lipinski definition) is 3. The highest BCUT2D eigenvalue weighted by molar-refractivity contribution is 7.92. The molecule has 0 atom stereocenters. The Morgan fingerprint density at radius 1 is 1.10 bits per heavy atom. The lowest BCUT2D eigenvalue weighted by atomic mass is 10.1. The predicted octanol–water partition coefficient (Wildman–Crippen LogP) is 6.78. The fourth-order valence-corrected chi connectivity index (χ4v) is 6.50. The van der Waals surface area contributed by atoms with Crippen LogP contribution in [0.2, 0.25) is 5.02 Å². The molecule has 8 nitrogen and oxygen atoms in total. The summed E-state index contributed by atoms with van der Waals surface area (Å²) in [5, 5.41) is 10.5. The van der Waals surface area contributed by atoms with Gasteiger partial charge in [0, 0.05) is 5.92 Å². The van der Waals surface area contributed by atoms with Crippen molar-refractivity contribution in [1.82, 2.24) is 4.98 Å². The molecule has 216 valence electrons. The van der Waals surface area contributed by atoms with Gasteiger partial charge in [-0.2, -0.15) is 13.2 Å². The first-order chi connectivity index (χ1) is 18.6. The first kappa shape index (κ1) is 31.3. The van der Waals surface area contributed by atoms with Crippen LogP contribution in [0, 0.1) is 25.6 Å². The third-order valence-corrected chi connectivity index (χ3v) is 8.85. The zero-order valence-corrected chi connectivity index (χ0v) is 23.5. The summed E-state index contributed by atoms with van der Waals surface area (Å²) in [6.45, 7) is 3.51. The van der Waals surface area contributed by atoms with Crippen molar-refractivity contribution in [3.63, 3.8) is 0 Å². The number of benzene rings is 2. The summed E-state index contributed by atoms with van der Waals surface area (Å²) < 4.78 is 73.7. The lowest BCUT2D eigenvalue weighted by Gasteiger charge is -2.13. The maximum absolute atomic E-state index is 13.3. The Bertz CT molecular complexity index is 1520. The van der Waals surface area contributed by atoms with Crippen molar-refractivity contribution in [3.05, 3.63) is 58.5 Å². The van der Waals surface area contributed by atoms with E-state index < -0.39 is 28.0 Å². The molecule has 1 heterocycles. The van der Waals surface area contributed by atoms with Gasteiger partial charge in [-0.1, -0.05) is 47.9 Å². The maximum atomic E-state index is 13.3. The minimum absolute atomic E-state index is 0.0136. The monoisotopic (exact) mass is 621 g/mol. The van der Waals surface area contributed by atoms with Crippen LogP contribution in [0.15, 0.2) is 41.3 Å². The Morgan fingerprint density at radius 2 is 1.73 bits per heavy atom. The summed E-state index contributed by atoms with van der Waals surface area (Å²) in [5.74, 6) is -3.30. The quantitative estimate of drug-likeness (QED) is 0.261. The van der Waals surface area contributed by atoms with E-state index in [0.29, 0.717) is 22.0 Å². The Labute approximate surface area is 236 Å². The number of nitrogens with one attached hydrogen (secondary N) is 2. The number of aromatic nitrogens is 1. The number of halogens is 5. The van der Waals surface area contributed by atoms with E-state index in [1.807, 2.05) is 13.0 Å². The largest absolute Gasteiger partial charge is 0.490 e. The molecule has 15 heteroatoms. The Kier molecular flexibility index (Phi) is 9.80. The number of carbonyl (C=O) groups excluding carboxylic acids is 1. The van der Waals surface area contributed by atoms with Crippen molar-refractivity contribution < 1.29 is 40.7 Å². The molecule has 0 aliphatic heterocycles. The second-order valence-corrected chi connectivity index (χ2v) is 12.0. The number of aliphatic carboxylic acids is 1. The van der Waals surface area contributed by atoms with Gasteiger partial charge >= 0.3 is 12.1 Å². The zero-order chi connectivity index (χ0) is 29.8. The molecule has 1 aliphatic rings. The molecule has 0 radical (unpaired) electrons. The standard InChI is InChI=1S/C23H23ClFN3O3S2.C2HF3O2/c1-13-7-8-16(11-20(13)33(30,31)28-19-10-9-17(25)12-18(19)24)21-14(2)26-23(32-21)27-22(29)15-5-3-4-6-15;3-2(4,5)1(6)7/h7-12,15,28H,3-6H2,1-2H3,(H,26,27,29);(H,6,7). The molecule has 0 spiro atoms. The fraction of sp³-hybridized carbons (Fsp3) is 0.320. The van der Waals surface area contributed by atoms with E-state index in [2.05, 4.69) is 15.0 Å². The van der Waals surface area contributed by atoms with E-state index in [0.717, 1.165) is 42.7 Å². The highest BCUT2D eigenvalue weighted by Crippen LogP contribution is 2.36. The minimum Gasteiger partial charge on any atom is -0.475 e. The zero-order valence-electron chi connectivity index (χ0n) is 21.1. The number of nitrogens with zero attached hydrogens (tertiary/aromatic N) is 1. The van der Waals surface area contributed by atoms with Crippen molar-refractivity contribution in [2.24, 2.45) is 5.92 Å². The van der Waals surface area contributed by atoms with Crippen molar-refractivity contribution in [2.75, 3.05) is 10.0 Å². The van der Waals surface area contributed by atoms with Gasteiger partial charge in [-0.25, -0.2) is 22.6 Å². The van der Waals surface area contributed by atoms with E-state index in [-0.39, 0.29) is 27.4 Å². The molecule has 4 rings (SSSR count). The smallest absolute Gasteiger partial charge is 0.475 e. The number of alkyl halides is 3. The van der Waals surface area contributed by atoms with Gasteiger partial charge in [-0.3, -0.25) is 9.52 Å². The molecule has 0 bridgehead atoms. The van der Waals surface area contributed by atoms with Crippen LogP contribution in [0.5, 0.6) is 0 Å². The average molecular weight is 622 g/mol. The average Bonchev–Trinajstić information content (AvgIpc) is 3.51. The minimum atomic E-state index is -5.08. The molecule has 1 fully saturated rings. The molecule has 1 amide bonds. The van der Waals surface area contributed by atoms with E-state index in [1.54, 1.807) is 19.1 Å². The van der Waals surface area contributed by atoms with Crippen molar-refractivity contribution in [3.8, 4) is 10.4 Å². The summed E-state index contributed by atoms with van der Waals surface area (Å²) in [5.41, 5.74) is 2.00. The van der Waals surface area contributed by atoms with Crippen molar-refractivity contribution in [2.45, 2.75) is 50.6 Å². The molecule has 0 unspecified atom stereocenters. The number of carbonyl (C=O) groups is 2. The van der Waals surface area contributed by atoms with E-state index in [9.17, 15) is 30.8 Å². The first-order valence-electron chi connectivity index (χ1n) is 11.8. The molecule has 1 saturated carbocycles. The topological polar surface area (TPSA) is 125 Å². The van der Waals surface area contributed by atoms with Crippen LogP contribution in [-0.2, 0) is 19.6 Å². The summed E-state index contributed by atoms with van der Waals surface area (Å²) in [4.78, 5) is 26.7. The second kappa shape index (κ2) is 12.5. The molecule has 0 saturated heterocycles.